The Morgan fingerprint density at radius 3 is 2.26 bits per heavy atom. The van der Waals surface area contributed by atoms with Crippen molar-refractivity contribution < 1.29 is 22.7 Å². The number of ether oxygens (including phenoxy) is 1. The van der Waals surface area contributed by atoms with Gasteiger partial charge in [-0.2, -0.15) is 0 Å². The second-order valence-electron chi connectivity index (χ2n) is 9.19. The molecule has 3 aromatic rings. The van der Waals surface area contributed by atoms with Crippen LogP contribution in [-0.2, 0) is 26.2 Å². The average molecular weight is 617 g/mol. The zero-order chi connectivity index (χ0) is 28.7. The molecular formula is C29H34BrN3O5S. The van der Waals surface area contributed by atoms with Gasteiger partial charge in [0.2, 0.25) is 11.8 Å². The summed E-state index contributed by atoms with van der Waals surface area (Å²) < 4.78 is 34.8. The Labute approximate surface area is 239 Å². The van der Waals surface area contributed by atoms with Crippen LogP contribution in [0.5, 0.6) is 5.75 Å². The van der Waals surface area contributed by atoms with Crippen LogP contribution in [0.4, 0.5) is 5.69 Å². The molecular weight excluding hydrogens is 582 g/mol. The predicted octanol–water partition coefficient (Wildman–Crippen LogP) is 4.82. The first-order chi connectivity index (χ1) is 18.5. The second-order valence-corrected chi connectivity index (χ2v) is 11.9. The minimum absolute atomic E-state index is 0.00729. The number of rotatable bonds is 11. The highest BCUT2D eigenvalue weighted by atomic mass is 79.9. The van der Waals surface area contributed by atoms with Crippen molar-refractivity contribution in [3.63, 3.8) is 0 Å². The summed E-state index contributed by atoms with van der Waals surface area (Å²) in [7, 11) is -1.17. The molecule has 1 N–H and O–H groups in total. The van der Waals surface area contributed by atoms with Crippen LogP contribution in [0, 0.1) is 13.8 Å². The summed E-state index contributed by atoms with van der Waals surface area (Å²) in [6.07, 6.45) is 0.361. The number of carbonyl (C=O) groups excluding carboxylic acids is 2. The van der Waals surface area contributed by atoms with Crippen LogP contribution in [0.15, 0.2) is 76.1 Å². The number of carbonyl (C=O) groups is 2. The van der Waals surface area contributed by atoms with Crippen molar-refractivity contribution in [2.24, 2.45) is 0 Å². The van der Waals surface area contributed by atoms with Crippen LogP contribution in [0.25, 0.3) is 0 Å². The van der Waals surface area contributed by atoms with E-state index in [4.69, 9.17) is 4.74 Å². The number of likely N-dealkylation sites (N-methyl/N-ethyl adjacent to an activating group) is 1. The fourth-order valence-corrected chi connectivity index (χ4v) is 6.40. The van der Waals surface area contributed by atoms with Crippen LogP contribution in [-0.4, -0.2) is 51.9 Å². The quantitative estimate of drug-likeness (QED) is 0.333. The molecule has 0 heterocycles. The number of hydrogen-bond donors (Lipinski definition) is 1. The third kappa shape index (κ3) is 7.19. The van der Waals surface area contributed by atoms with E-state index in [1.54, 1.807) is 30.3 Å². The predicted molar refractivity (Wildman–Crippen MR) is 156 cm³/mol. The lowest BCUT2D eigenvalue weighted by Crippen LogP contribution is -2.51. The topological polar surface area (TPSA) is 96.0 Å². The third-order valence-corrected chi connectivity index (χ3v) is 8.77. The van der Waals surface area contributed by atoms with E-state index < -0.39 is 28.5 Å². The summed E-state index contributed by atoms with van der Waals surface area (Å²) >= 11 is 3.36. The van der Waals surface area contributed by atoms with Gasteiger partial charge in [-0.15, -0.1) is 0 Å². The number of anilines is 1. The average Bonchev–Trinajstić information content (AvgIpc) is 2.91. The first-order valence-corrected chi connectivity index (χ1v) is 14.7. The Kier molecular flexibility index (Phi) is 10.2. The summed E-state index contributed by atoms with van der Waals surface area (Å²) in [6, 6.07) is 18.2. The second kappa shape index (κ2) is 13.1. The van der Waals surface area contributed by atoms with Crippen molar-refractivity contribution in [3.05, 3.63) is 87.9 Å². The Morgan fingerprint density at radius 1 is 1.00 bits per heavy atom. The molecule has 3 rings (SSSR count). The molecule has 1 unspecified atom stereocenters. The largest absolute Gasteiger partial charge is 0.496 e. The molecule has 0 bridgehead atoms. The monoisotopic (exact) mass is 615 g/mol. The molecule has 0 saturated heterocycles. The van der Waals surface area contributed by atoms with Crippen molar-refractivity contribution in [1.82, 2.24) is 10.2 Å². The van der Waals surface area contributed by atoms with Crippen LogP contribution < -0.4 is 14.4 Å². The molecule has 0 spiro atoms. The zero-order valence-electron chi connectivity index (χ0n) is 22.8. The SMILES string of the molecule is CCC(C(=O)NC)N(Cc1cccc(C)c1)C(=O)CN(c1ccc(C)cc1)S(=O)(=O)c1ccc(OC)c(Br)c1. The molecule has 3 aromatic carbocycles. The molecule has 0 radical (unpaired) electrons. The van der Waals surface area contributed by atoms with E-state index in [-0.39, 0.29) is 17.3 Å². The van der Waals surface area contributed by atoms with Gasteiger partial charge in [-0.1, -0.05) is 54.4 Å². The van der Waals surface area contributed by atoms with E-state index in [1.807, 2.05) is 45.0 Å². The molecule has 0 fully saturated rings. The Balaban J connectivity index is 2.08. The number of aryl methyl sites for hydroxylation is 2. The van der Waals surface area contributed by atoms with E-state index in [9.17, 15) is 18.0 Å². The molecule has 0 aliphatic rings. The molecule has 0 aliphatic carbocycles. The van der Waals surface area contributed by atoms with Crippen molar-refractivity contribution >= 4 is 43.5 Å². The van der Waals surface area contributed by atoms with Gasteiger partial charge in [-0.05, 0) is 72.1 Å². The smallest absolute Gasteiger partial charge is 0.264 e. The van der Waals surface area contributed by atoms with Crippen LogP contribution >= 0.6 is 15.9 Å². The van der Waals surface area contributed by atoms with Crippen LogP contribution in [0.1, 0.15) is 30.0 Å². The lowest BCUT2D eigenvalue weighted by Gasteiger charge is -2.33. The number of hydrogen-bond acceptors (Lipinski definition) is 5. The number of nitrogens with one attached hydrogen (secondary N) is 1. The highest BCUT2D eigenvalue weighted by molar-refractivity contribution is 9.10. The molecule has 0 aromatic heterocycles. The minimum atomic E-state index is -4.18. The molecule has 39 heavy (non-hydrogen) atoms. The fraction of sp³-hybridized carbons (Fsp3) is 0.310. The van der Waals surface area contributed by atoms with Crippen molar-refractivity contribution in [2.75, 3.05) is 25.0 Å². The molecule has 1 atom stereocenters. The Bertz CT molecular complexity index is 1430. The third-order valence-electron chi connectivity index (χ3n) is 6.38. The molecule has 0 aliphatic heterocycles. The molecule has 8 nitrogen and oxygen atoms in total. The van der Waals surface area contributed by atoms with Gasteiger partial charge in [0.05, 0.1) is 22.2 Å². The van der Waals surface area contributed by atoms with Crippen LogP contribution in [0.2, 0.25) is 0 Å². The first kappa shape index (κ1) is 30.2. The van der Waals surface area contributed by atoms with Crippen molar-refractivity contribution in [1.29, 1.82) is 0 Å². The summed E-state index contributed by atoms with van der Waals surface area (Å²) in [4.78, 5) is 28.2. The highest BCUT2D eigenvalue weighted by Gasteiger charge is 2.33. The summed E-state index contributed by atoms with van der Waals surface area (Å²) in [5.41, 5.74) is 3.14. The van der Waals surface area contributed by atoms with Crippen molar-refractivity contribution in [3.8, 4) is 5.75 Å². The first-order valence-electron chi connectivity index (χ1n) is 12.5. The van der Waals surface area contributed by atoms with Gasteiger partial charge in [0.1, 0.15) is 18.3 Å². The van der Waals surface area contributed by atoms with E-state index in [1.165, 1.54) is 31.2 Å². The number of sulfonamides is 1. The molecule has 0 saturated carbocycles. The summed E-state index contributed by atoms with van der Waals surface area (Å²) in [6.45, 7) is 5.33. The number of benzene rings is 3. The lowest BCUT2D eigenvalue weighted by molar-refractivity contribution is -0.140. The van der Waals surface area contributed by atoms with E-state index in [0.29, 0.717) is 22.3 Å². The summed E-state index contributed by atoms with van der Waals surface area (Å²) in [5, 5.41) is 2.63. The van der Waals surface area contributed by atoms with Gasteiger partial charge in [0.15, 0.2) is 0 Å². The molecule has 208 valence electrons. The standard InChI is InChI=1S/C29H34BrN3O5S/c1-6-26(29(35)31-4)32(18-22-9-7-8-21(3)16-22)28(34)19-33(23-12-10-20(2)11-13-23)39(36,37)24-14-15-27(38-5)25(30)17-24/h7-17,26H,6,18-19H2,1-5H3,(H,31,35). The van der Waals surface area contributed by atoms with E-state index >= 15 is 0 Å². The van der Waals surface area contributed by atoms with Gasteiger partial charge in [0, 0.05) is 13.6 Å². The molecule has 10 heteroatoms. The zero-order valence-corrected chi connectivity index (χ0v) is 25.2. The number of amides is 2. The number of nitrogens with zero attached hydrogens (tertiary/aromatic N) is 2. The van der Waals surface area contributed by atoms with Gasteiger partial charge in [0.25, 0.3) is 10.0 Å². The van der Waals surface area contributed by atoms with Gasteiger partial charge in [-0.25, -0.2) is 8.42 Å². The maximum Gasteiger partial charge on any atom is 0.264 e. The Morgan fingerprint density at radius 2 is 1.69 bits per heavy atom. The number of halogens is 1. The van der Waals surface area contributed by atoms with E-state index in [0.717, 1.165) is 21.0 Å². The van der Waals surface area contributed by atoms with Gasteiger partial charge >= 0.3 is 0 Å². The van der Waals surface area contributed by atoms with Crippen LogP contribution in [0.3, 0.4) is 0 Å². The maximum atomic E-state index is 14.0. The van der Waals surface area contributed by atoms with E-state index in [2.05, 4.69) is 21.2 Å². The number of methoxy groups -OCH3 is 1. The van der Waals surface area contributed by atoms with Crippen molar-refractivity contribution in [2.45, 2.75) is 44.7 Å². The Hall–Kier alpha value is -3.37. The maximum absolute atomic E-state index is 14.0. The minimum Gasteiger partial charge on any atom is -0.496 e. The lowest BCUT2D eigenvalue weighted by atomic mass is 10.1. The fourth-order valence-electron chi connectivity index (χ4n) is 4.27. The van der Waals surface area contributed by atoms with Gasteiger partial charge in [-0.3, -0.25) is 13.9 Å². The normalized spacial score (nSPS) is 11.9. The van der Waals surface area contributed by atoms with Gasteiger partial charge < -0.3 is 15.0 Å². The summed E-state index contributed by atoms with van der Waals surface area (Å²) in [5.74, 6) is -0.335. The molecule has 2 amide bonds. The highest BCUT2D eigenvalue weighted by Crippen LogP contribution is 2.31.